The Kier molecular flexibility index (Phi) is 4.67. The van der Waals surface area contributed by atoms with E-state index in [1.54, 1.807) is 14.1 Å². The van der Waals surface area contributed by atoms with Crippen LogP contribution in [-0.4, -0.2) is 45.2 Å². The molecule has 0 aromatic heterocycles. The van der Waals surface area contributed by atoms with Crippen LogP contribution in [0.1, 0.15) is 38.5 Å². The Balaban J connectivity index is 1.70. The topological polar surface area (TPSA) is 49.4 Å². The fraction of sp³-hybridized carbons (Fsp3) is 1.00. The second kappa shape index (κ2) is 5.88. The molecule has 0 heterocycles. The van der Waals surface area contributed by atoms with Gasteiger partial charge in [0, 0.05) is 26.7 Å². The summed E-state index contributed by atoms with van der Waals surface area (Å²) in [6.45, 7) is 0.586. The maximum absolute atomic E-state index is 11.6. The Morgan fingerprint density at radius 3 is 2.44 bits per heavy atom. The van der Waals surface area contributed by atoms with Gasteiger partial charge in [-0.05, 0) is 37.5 Å². The number of hydrogen-bond acceptors (Lipinski definition) is 3. The summed E-state index contributed by atoms with van der Waals surface area (Å²) in [6, 6.07) is 0.543. The molecule has 0 aromatic carbocycles. The summed E-state index contributed by atoms with van der Waals surface area (Å²) in [5.74, 6) is 2.10. The number of nitrogens with zero attached hydrogens (tertiary/aromatic N) is 1. The lowest BCUT2D eigenvalue weighted by atomic mass is 9.83. The molecular formula is C13H26N2O2S. The zero-order valence-corrected chi connectivity index (χ0v) is 12.4. The van der Waals surface area contributed by atoms with Crippen molar-refractivity contribution in [3.8, 4) is 0 Å². The molecule has 0 aromatic rings. The molecule has 0 spiro atoms. The first-order valence-electron chi connectivity index (χ1n) is 7.12. The van der Waals surface area contributed by atoms with Gasteiger partial charge in [-0.1, -0.05) is 12.8 Å². The van der Waals surface area contributed by atoms with Gasteiger partial charge in [0.05, 0.1) is 5.75 Å². The lowest BCUT2D eigenvalue weighted by molar-refractivity contribution is 0.264. The molecule has 5 heteroatoms. The van der Waals surface area contributed by atoms with Crippen LogP contribution in [0.2, 0.25) is 0 Å². The first-order chi connectivity index (χ1) is 8.49. The van der Waals surface area contributed by atoms with E-state index in [1.165, 1.54) is 42.8 Å². The standard InChI is InChI=1S/C13H26N2O2S/c1-15(2)18(16,17)9-8-14-13-5-3-4-12(10-13)11-6-7-11/h11-14H,3-10H2,1-2H3. The van der Waals surface area contributed by atoms with Gasteiger partial charge in [0.15, 0.2) is 0 Å². The van der Waals surface area contributed by atoms with Crippen LogP contribution in [0.15, 0.2) is 0 Å². The van der Waals surface area contributed by atoms with E-state index in [0.717, 1.165) is 11.8 Å². The van der Waals surface area contributed by atoms with Crippen LogP contribution in [0.5, 0.6) is 0 Å². The maximum atomic E-state index is 11.6. The average molecular weight is 274 g/mol. The largest absolute Gasteiger partial charge is 0.313 e. The van der Waals surface area contributed by atoms with E-state index in [2.05, 4.69) is 5.32 Å². The Labute approximate surface area is 111 Å². The van der Waals surface area contributed by atoms with E-state index in [9.17, 15) is 8.42 Å². The van der Waals surface area contributed by atoms with Crippen molar-refractivity contribution < 1.29 is 8.42 Å². The molecule has 1 N–H and O–H groups in total. The van der Waals surface area contributed by atoms with E-state index < -0.39 is 10.0 Å². The normalized spacial score (nSPS) is 29.7. The summed E-state index contributed by atoms with van der Waals surface area (Å²) in [4.78, 5) is 0. The van der Waals surface area contributed by atoms with Gasteiger partial charge in [-0.3, -0.25) is 0 Å². The molecule has 2 saturated carbocycles. The maximum Gasteiger partial charge on any atom is 0.214 e. The molecule has 2 fully saturated rings. The minimum absolute atomic E-state index is 0.213. The van der Waals surface area contributed by atoms with Gasteiger partial charge in [-0.15, -0.1) is 0 Å². The van der Waals surface area contributed by atoms with Gasteiger partial charge in [0.25, 0.3) is 0 Å². The number of hydrogen-bond donors (Lipinski definition) is 1. The van der Waals surface area contributed by atoms with Crippen LogP contribution < -0.4 is 5.32 Å². The van der Waals surface area contributed by atoms with Crippen molar-refractivity contribution in [2.45, 2.75) is 44.6 Å². The second-order valence-electron chi connectivity index (χ2n) is 6.01. The summed E-state index contributed by atoms with van der Waals surface area (Å²) in [7, 11) is 0.147. The molecule has 4 nitrogen and oxygen atoms in total. The minimum atomic E-state index is -3.05. The lowest BCUT2D eigenvalue weighted by Crippen LogP contribution is -2.39. The number of rotatable bonds is 6. The average Bonchev–Trinajstić information content (AvgIpc) is 3.13. The molecule has 0 radical (unpaired) electrons. The Morgan fingerprint density at radius 2 is 1.83 bits per heavy atom. The van der Waals surface area contributed by atoms with Gasteiger partial charge in [0.1, 0.15) is 0 Å². The van der Waals surface area contributed by atoms with Crippen LogP contribution in [-0.2, 0) is 10.0 Å². The fourth-order valence-corrected chi connectivity index (χ4v) is 3.72. The Bertz CT molecular complexity index is 363. The molecule has 0 aliphatic heterocycles. The van der Waals surface area contributed by atoms with Crippen molar-refractivity contribution in [2.24, 2.45) is 11.8 Å². The molecule has 2 aliphatic carbocycles. The second-order valence-corrected chi connectivity index (χ2v) is 8.32. The minimum Gasteiger partial charge on any atom is -0.313 e. The molecule has 0 saturated heterocycles. The van der Waals surface area contributed by atoms with Crippen molar-refractivity contribution in [3.63, 3.8) is 0 Å². The molecule has 2 aliphatic rings. The zero-order chi connectivity index (χ0) is 13.2. The monoisotopic (exact) mass is 274 g/mol. The van der Waals surface area contributed by atoms with E-state index in [1.807, 2.05) is 0 Å². The highest BCUT2D eigenvalue weighted by atomic mass is 32.2. The smallest absolute Gasteiger partial charge is 0.214 e. The third-order valence-corrected chi connectivity index (χ3v) is 6.19. The van der Waals surface area contributed by atoms with Gasteiger partial charge in [0.2, 0.25) is 10.0 Å². The molecule has 2 atom stereocenters. The van der Waals surface area contributed by atoms with E-state index in [4.69, 9.17) is 0 Å². The summed E-state index contributed by atoms with van der Waals surface area (Å²) in [5, 5.41) is 3.44. The van der Waals surface area contributed by atoms with E-state index >= 15 is 0 Å². The first kappa shape index (κ1) is 14.3. The Hall–Kier alpha value is -0.130. The van der Waals surface area contributed by atoms with Crippen molar-refractivity contribution >= 4 is 10.0 Å². The van der Waals surface area contributed by atoms with Crippen molar-refractivity contribution in [1.82, 2.24) is 9.62 Å². The van der Waals surface area contributed by atoms with Crippen molar-refractivity contribution in [1.29, 1.82) is 0 Å². The van der Waals surface area contributed by atoms with Gasteiger partial charge >= 0.3 is 0 Å². The summed E-state index contributed by atoms with van der Waals surface area (Å²) in [5.41, 5.74) is 0. The molecular weight excluding hydrogens is 248 g/mol. The van der Waals surface area contributed by atoms with Gasteiger partial charge in [-0.2, -0.15) is 0 Å². The third kappa shape index (κ3) is 3.93. The molecule has 2 unspecified atom stereocenters. The summed E-state index contributed by atoms with van der Waals surface area (Å²) in [6.07, 6.45) is 8.01. The first-order valence-corrected chi connectivity index (χ1v) is 8.73. The SMILES string of the molecule is CN(C)S(=O)(=O)CCNC1CCCC(C2CC2)C1. The van der Waals surface area contributed by atoms with Crippen LogP contribution in [0.3, 0.4) is 0 Å². The van der Waals surface area contributed by atoms with Crippen LogP contribution in [0.4, 0.5) is 0 Å². The van der Waals surface area contributed by atoms with Gasteiger partial charge < -0.3 is 5.32 Å². The van der Waals surface area contributed by atoms with Crippen LogP contribution in [0.25, 0.3) is 0 Å². The zero-order valence-electron chi connectivity index (χ0n) is 11.6. The summed E-state index contributed by atoms with van der Waals surface area (Å²) < 4.78 is 24.6. The highest BCUT2D eigenvalue weighted by Crippen LogP contribution is 2.43. The van der Waals surface area contributed by atoms with Crippen LogP contribution in [0, 0.1) is 11.8 Å². The molecule has 106 valence electrons. The number of nitrogens with one attached hydrogen (secondary N) is 1. The van der Waals surface area contributed by atoms with Crippen molar-refractivity contribution in [3.05, 3.63) is 0 Å². The predicted molar refractivity (Wildman–Crippen MR) is 73.9 cm³/mol. The predicted octanol–water partition coefficient (Wildman–Crippen LogP) is 1.44. The third-order valence-electron chi connectivity index (χ3n) is 4.35. The highest BCUT2D eigenvalue weighted by molar-refractivity contribution is 7.89. The van der Waals surface area contributed by atoms with Crippen molar-refractivity contribution in [2.75, 3.05) is 26.4 Å². The van der Waals surface area contributed by atoms with E-state index in [-0.39, 0.29) is 5.75 Å². The van der Waals surface area contributed by atoms with Gasteiger partial charge in [-0.25, -0.2) is 12.7 Å². The Morgan fingerprint density at radius 1 is 1.11 bits per heavy atom. The molecule has 0 bridgehead atoms. The van der Waals surface area contributed by atoms with Crippen LogP contribution >= 0.6 is 0 Å². The quantitative estimate of drug-likeness (QED) is 0.797. The highest BCUT2D eigenvalue weighted by Gasteiger charge is 2.34. The lowest BCUT2D eigenvalue weighted by Gasteiger charge is -2.30. The van der Waals surface area contributed by atoms with E-state index in [0.29, 0.717) is 12.6 Å². The molecule has 18 heavy (non-hydrogen) atoms. The fourth-order valence-electron chi connectivity index (χ4n) is 2.98. The molecule has 2 rings (SSSR count). The number of sulfonamides is 1. The summed E-state index contributed by atoms with van der Waals surface area (Å²) >= 11 is 0. The molecule has 0 amide bonds.